The molecule has 0 unspecified atom stereocenters. The molecular weight excluding hydrogens is 250 g/mol. The maximum atomic E-state index is 12.2. The minimum absolute atomic E-state index is 0.132. The number of nitrogens with two attached hydrogens (primary N) is 1. The zero-order valence-corrected chi connectivity index (χ0v) is 10.2. The van der Waals surface area contributed by atoms with Crippen LogP contribution in [-0.4, -0.2) is 11.9 Å². The number of carbonyl (C=O) groups is 1. The summed E-state index contributed by atoms with van der Waals surface area (Å²) in [6.45, 7) is 0. The maximum absolute atomic E-state index is 12.2. The molecule has 3 heterocycles. The molecule has 6 heteroatoms. The maximum Gasteiger partial charge on any atom is 0.262 e. The third kappa shape index (κ3) is 1.62. The number of nitrogens with one attached hydrogen (secondary N) is 1. The van der Waals surface area contributed by atoms with Gasteiger partial charge in [-0.15, -0.1) is 11.3 Å². The molecule has 2 aromatic rings. The standard InChI is InChI=1S/C12H11N3O2S/c13-11-14-10(16)12(15-11,9-4-1-5-17-9)7-8-3-2-6-18-8/h1-6H,7H2,(H3,13,14,15,16)/t12-/m0/s1. The first-order valence-electron chi connectivity index (χ1n) is 5.44. The number of guanidine groups is 1. The number of hydrogen-bond donors (Lipinski definition) is 2. The molecule has 5 nitrogen and oxygen atoms in total. The Kier molecular flexibility index (Phi) is 2.45. The molecule has 1 aliphatic rings. The van der Waals surface area contributed by atoms with Gasteiger partial charge in [-0.25, -0.2) is 4.99 Å². The van der Waals surface area contributed by atoms with E-state index in [2.05, 4.69) is 10.3 Å². The normalized spacial score (nSPS) is 22.9. The Labute approximate surface area is 107 Å². The van der Waals surface area contributed by atoms with Crippen molar-refractivity contribution in [3.05, 3.63) is 46.5 Å². The molecule has 0 fully saturated rings. The first-order chi connectivity index (χ1) is 8.71. The molecule has 0 radical (unpaired) electrons. The molecule has 0 saturated carbocycles. The van der Waals surface area contributed by atoms with Crippen LogP contribution in [0.25, 0.3) is 0 Å². The van der Waals surface area contributed by atoms with E-state index in [1.54, 1.807) is 23.5 Å². The number of rotatable bonds is 3. The highest BCUT2D eigenvalue weighted by Crippen LogP contribution is 2.34. The summed E-state index contributed by atoms with van der Waals surface area (Å²) in [4.78, 5) is 17.5. The molecule has 1 atom stereocenters. The van der Waals surface area contributed by atoms with E-state index >= 15 is 0 Å². The van der Waals surface area contributed by atoms with Crippen molar-refractivity contribution in [2.45, 2.75) is 12.0 Å². The number of nitrogens with zero attached hydrogens (tertiary/aromatic N) is 1. The molecule has 0 aromatic carbocycles. The van der Waals surface area contributed by atoms with Crippen molar-refractivity contribution in [2.24, 2.45) is 10.7 Å². The highest BCUT2D eigenvalue weighted by Gasteiger charge is 2.47. The third-order valence-corrected chi connectivity index (χ3v) is 3.74. The Morgan fingerprint density at radius 1 is 1.44 bits per heavy atom. The molecule has 3 N–H and O–H groups in total. The Morgan fingerprint density at radius 2 is 2.33 bits per heavy atom. The second kappa shape index (κ2) is 3.99. The number of furan rings is 1. The summed E-state index contributed by atoms with van der Waals surface area (Å²) in [7, 11) is 0. The van der Waals surface area contributed by atoms with Gasteiger partial charge in [-0.05, 0) is 23.6 Å². The molecule has 92 valence electrons. The number of hydrogen-bond acceptors (Lipinski definition) is 5. The summed E-state index contributed by atoms with van der Waals surface area (Å²) in [6.07, 6.45) is 1.98. The summed E-state index contributed by atoms with van der Waals surface area (Å²) in [5, 5.41) is 4.51. The predicted molar refractivity (Wildman–Crippen MR) is 68.2 cm³/mol. The van der Waals surface area contributed by atoms with Crippen LogP contribution < -0.4 is 11.1 Å². The van der Waals surface area contributed by atoms with Crippen molar-refractivity contribution in [1.82, 2.24) is 5.32 Å². The lowest BCUT2D eigenvalue weighted by atomic mass is 9.92. The third-order valence-electron chi connectivity index (χ3n) is 2.87. The van der Waals surface area contributed by atoms with Gasteiger partial charge in [0.25, 0.3) is 5.91 Å². The minimum atomic E-state index is -1.07. The van der Waals surface area contributed by atoms with E-state index < -0.39 is 5.54 Å². The predicted octanol–water partition coefficient (Wildman–Crippen LogP) is 1.22. The molecule has 1 amide bonds. The number of thiophene rings is 1. The van der Waals surface area contributed by atoms with Crippen molar-refractivity contribution in [3.8, 4) is 0 Å². The fourth-order valence-corrected chi connectivity index (χ4v) is 2.84. The molecule has 0 aliphatic carbocycles. The van der Waals surface area contributed by atoms with Crippen LogP contribution in [0.5, 0.6) is 0 Å². The molecule has 2 aromatic heterocycles. The highest BCUT2D eigenvalue weighted by atomic mass is 32.1. The van der Waals surface area contributed by atoms with Crippen LogP contribution >= 0.6 is 11.3 Å². The molecule has 0 bridgehead atoms. The number of aliphatic imine (C=N–C) groups is 1. The molecular formula is C12H11N3O2S. The lowest BCUT2D eigenvalue weighted by Crippen LogP contribution is -2.40. The Bertz CT molecular complexity index is 589. The van der Waals surface area contributed by atoms with Crippen LogP contribution in [0.15, 0.2) is 45.3 Å². The van der Waals surface area contributed by atoms with Crippen LogP contribution in [0.3, 0.4) is 0 Å². The Hall–Kier alpha value is -2.08. The smallest absolute Gasteiger partial charge is 0.262 e. The first kappa shape index (κ1) is 11.0. The summed E-state index contributed by atoms with van der Waals surface area (Å²) in [5.41, 5.74) is 4.54. The fourth-order valence-electron chi connectivity index (χ4n) is 2.06. The quantitative estimate of drug-likeness (QED) is 0.871. The van der Waals surface area contributed by atoms with Gasteiger partial charge in [0.15, 0.2) is 5.96 Å². The first-order valence-corrected chi connectivity index (χ1v) is 6.32. The summed E-state index contributed by atoms with van der Waals surface area (Å²) < 4.78 is 5.37. The molecule has 0 spiro atoms. The largest absolute Gasteiger partial charge is 0.466 e. The van der Waals surface area contributed by atoms with E-state index in [0.29, 0.717) is 12.2 Å². The minimum Gasteiger partial charge on any atom is -0.466 e. The van der Waals surface area contributed by atoms with Gasteiger partial charge < -0.3 is 10.2 Å². The van der Waals surface area contributed by atoms with Crippen molar-refractivity contribution < 1.29 is 9.21 Å². The van der Waals surface area contributed by atoms with Crippen LogP contribution in [-0.2, 0) is 16.8 Å². The molecule has 3 rings (SSSR count). The molecule has 1 aliphatic heterocycles. The zero-order chi connectivity index (χ0) is 12.6. The van der Waals surface area contributed by atoms with Gasteiger partial charge in [0.05, 0.1) is 6.26 Å². The van der Waals surface area contributed by atoms with E-state index in [-0.39, 0.29) is 11.9 Å². The summed E-state index contributed by atoms with van der Waals surface area (Å²) in [5.74, 6) is 0.394. The van der Waals surface area contributed by atoms with Crippen LogP contribution in [0, 0.1) is 0 Å². The lowest BCUT2D eigenvalue weighted by Gasteiger charge is -2.19. The van der Waals surface area contributed by atoms with Gasteiger partial charge >= 0.3 is 0 Å². The van der Waals surface area contributed by atoms with Crippen molar-refractivity contribution in [2.75, 3.05) is 0 Å². The van der Waals surface area contributed by atoms with Crippen molar-refractivity contribution >= 4 is 23.2 Å². The van der Waals surface area contributed by atoms with Gasteiger partial charge in [0, 0.05) is 11.3 Å². The second-order valence-corrected chi connectivity index (χ2v) is 5.08. The highest BCUT2D eigenvalue weighted by molar-refractivity contribution is 7.09. The topological polar surface area (TPSA) is 80.6 Å². The van der Waals surface area contributed by atoms with E-state index in [9.17, 15) is 4.79 Å². The average molecular weight is 261 g/mol. The molecule has 0 saturated heterocycles. The van der Waals surface area contributed by atoms with Gasteiger partial charge in [-0.2, -0.15) is 0 Å². The Balaban J connectivity index is 2.07. The number of amides is 1. The summed E-state index contributed by atoms with van der Waals surface area (Å²) >= 11 is 1.58. The van der Waals surface area contributed by atoms with Crippen molar-refractivity contribution in [1.29, 1.82) is 0 Å². The molecule has 18 heavy (non-hydrogen) atoms. The SMILES string of the molecule is NC1=N[C@@](Cc2cccs2)(c2ccco2)C(=O)N1. The van der Waals surface area contributed by atoms with E-state index in [1.807, 2.05) is 17.5 Å². The van der Waals surface area contributed by atoms with E-state index in [0.717, 1.165) is 4.88 Å². The van der Waals surface area contributed by atoms with E-state index in [1.165, 1.54) is 6.26 Å². The fraction of sp³-hybridized carbons (Fsp3) is 0.167. The van der Waals surface area contributed by atoms with Gasteiger partial charge in [0.2, 0.25) is 5.54 Å². The van der Waals surface area contributed by atoms with Crippen LogP contribution in [0.4, 0.5) is 0 Å². The monoisotopic (exact) mass is 261 g/mol. The number of carbonyl (C=O) groups excluding carboxylic acids is 1. The van der Waals surface area contributed by atoms with Gasteiger partial charge in [-0.1, -0.05) is 6.07 Å². The van der Waals surface area contributed by atoms with E-state index in [4.69, 9.17) is 10.2 Å². The average Bonchev–Trinajstić information content (AvgIpc) is 3.03. The van der Waals surface area contributed by atoms with Crippen LogP contribution in [0.1, 0.15) is 10.6 Å². The summed E-state index contributed by atoms with van der Waals surface area (Å²) in [6, 6.07) is 7.39. The van der Waals surface area contributed by atoms with Crippen LogP contribution in [0.2, 0.25) is 0 Å². The Morgan fingerprint density at radius 3 is 2.89 bits per heavy atom. The van der Waals surface area contributed by atoms with Gasteiger partial charge in [0.1, 0.15) is 5.76 Å². The zero-order valence-electron chi connectivity index (χ0n) is 9.42. The second-order valence-electron chi connectivity index (χ2n) is 4.04. The van der Waals surface area contributed by atoms with Crippen molar-refractivity contribution in [3.63, 3.8) is 0 Å². The lowest BCUT2D eigenvalue weighted by molar-refractivity contribution is -0.124. The van der Waals surface area contributed by atoms with Gasteiger partial charge in [-0.3, -0.25) is 10.1 Å².